The zero-order valence-corrected chi connectivity index (χ0v) is 11.9. The minimum absolute atomic E-state index is 0.0652. The first-order chi connectivity index (χ1) is 8.90. The van der Waals surface area contributed by atoms with Gasteiger partial charge >= 0.3 is 0 Å². The largest absolute Gasteiger partial charge is 0.486 e. The zero-order valence-electron chi connectivity index (χ0n) is 11.1. The van der Waals surface area contributed by atoms with E-state index in [1.165, 1.54) is 0 Å². The topological polar surface area (TPSA) is 78.6 Å². The van der Waals surface area contributed by atoms with Crippen LogP contribution in [0.15, 0.2) is 18.2 Å². The van der Waals surface area contributed by atoms with Gasteiger partial charge in [-0.05, 0) is 31.5 Å². The zero-order chi connectivity index (χ0) is 14.0. The van der Waals surface area contributed by atoms with Crippen LogP contribution in [0, 0.1) is 0 Å². The molecule has 106 valence electrons. The molecule has 0 aliphatic carbocycles. The van der Waals surface area contributed by atoms with Crippen molar-refractivity contribution in [3.63, 3.8) is 0 Å². The molecule has 1 unspecified atom stereocenters. The molecular weight excluding hydrogens is 266 g/mol. The normalized spacial score (nSPS) is 16.4. The van der Waals surface area contributed by atoms with Crippen molar-refractivity contribution < 1.29 is 17.9 Å². The molecule has 1 aromatic rings. The molecular formula is C13H19NO4S. The molecule has 0 spiro atoms. The van der Waals surface area contributed by atoms with Gasteiger partial charge in [0, 0.05) is 6.04 Å². The Bertz CT molecular complexity index is 554. The summed E-state index contributed by atoms with van der Waals surface area (Å²) in [6.45, 7) is 4.34. The minimum Gasteiger partial charge on any atom is -0.486 e. The highest BCUT2D eigenvalue weighted by atomic mass is 32.2. The summed E-state index contributed by atoms with van der Waals surface area (Å²) in [6, 6.07) is 4.76. The van der Waals surface area contributed by atoms with Gasteiger partial charge in [0.1, 0.15) is 13.2 Å². The first kappa shape index (κ1) is 14.1. The lowest BCUT2D eigenvalue weighted by atomic mass is 10.1. The molecule has 0 amide bonds. The van der Waals surface area contributed by atoms with Crippen molar-refractivity contribution in [3.05, 3.63) is 23.8 Å². The van der Waals surface area contributed by atoms with Crippen LogP contribution in [0.25, 0.3) is 0 Å². The Morgan fingerprint density at radius 1 is 1.21 bits per heavy atom. The molecule has 2 rings (SSSR count). The predicted molar refractivity (Wildman–Crippen MR) is 73.3 cm³/mol. The summed E-state index contributed by atoms with van der Waals surface area (Å²) in [7, 11) is -3.16. The summed E-state index contributed by atoms with van der Waals surface area (Å²) in [5.41, 5.74) is 6.72. The highest BCUT2D eigenvalue weighted by Crippen LogP contribution is 2.32. The molecule has 1 aromatic carbocycles. The Labute approximate surface area is 113 Å². The second-order valence-electron chi connectivity index (χ2n) is 4.89. The lowest BCUT2D eigenvalue weighted by Crippen LogP contribution is -2.27. The van der Waals surface area contributed by atoms with E-state index in [9.17, 15) is 8.42 Å². The fourth-order valence-electron chi connectivity index (χ4n) is 1.83. The Morgan fingerprint density at radius 2 is 1.84 bits per heavy atom. The van der Waals surface area contributed by atoms with Crippen molar-refractivity contribution in [2.24, 2.45) is 5.73 Å². The van der Waals surface area contributed by atoms with Crippen molar-refractivity contribution in [3.8, 4) is 11.5 Å². The molecule has 0 fully saturated rings. The van der Waals surface area contributed by atoms with Crippen LogP contribution in [0.5, 0.6) is 11.5 Å². The summed E-state index contributed by atoms with van der Waals surface area (Å²) >= 11 is 0. The van der Waals surface area contributed by atoms with Crippen LogP contribution in [0.4, 0.5) is 0 Å². The van der Waals surface area contributed by atoms with E-state index in [1.54, 1.807) is 32.0 Å². The first-order valence-electron chi connectivity index (χ1n) is 6.27. The molecule has 0 bridgehead atoms. The Kier molecular flexibility index (Phi) is 4.01. The molecule has 1 atom stereocenters. The Balaban J connectivity index is 2.18. The average Bonchev–Trinajstić information content (AvgIpc) is 2.37. The van der Waals surface area contributed by atoms with E-state index in [-0.39, 0.29) is 5.75 Å². The molecule has 1 aliphatic heterocycles. The van der Waals surface area contributed by atoms with Crippen molar-refractivity contribution in [2.75, 3.05) is 19.0 Å². The summed E-state index contributed by atoms with van der Waals surface area (Å²) in [5.74, 6) is 1.24. The molecule has 1 aliphatic rings. The van der Waals surface area contributed by atoms with Gasteiger partial charge in [0.05, 0.1) is 11.0 Å². The van der Waals surface area contributed by atoms with Gasteiger partial charge in [-0.3, -0.25) is 0 Å². The van der Waals surface area contributed by atoms with Crippen LogP contribution in [-0.4, -0.2) is 32.6 Å². The van der Waals surface area contributed by atoms with Gasteiger partial charge in [-0.1, -0.05) is 6.07 Å². The highest BCUT2D eigenvalue weighted by Gasteiger charge is 2.22. The van der Waals surface area contributed by atoms with Crippen molar-refractivity contribution >= 4 is 9.84 Å². The molecule has 2 N–H and O–H groups in total. The maximum absolute atomic E-state index is 11.9. The third kappa shape index (κ3) is 3.19. The molecule has 1 heterocycles. The van der Waals surface area contributed by atoms with Crippen LogP contribution in [0.2, 0.25) is 0 Å². The summed E-state index contributed by atoms with van der Waals surface area (Å²) in [5, 5.41) is -0.421. The van der Waals surface area contributed by atoms with Gasteiger partial charge in [0.15, 0.2) is 21.3 Å². The van der Waals surface area contributed by atoms with Crippen LogP contribution in [0.3, 0.4) is 0 Å². The van der Waals surface area contributed by atoms with E-state index in [1.807, 2.05) is 0 Å². The van der Waals surface area contributed by atoms with E-state index in [0.717, 1.165) is 5.56 Å². The fourth-order valence-corrected chi connectivity index (χ4v) is 2.91. The highest BCUT2D eigenvalue weighted by molar-refractivity contribution is 7.92. The lowest BCUT2D eigenvalue weighted by Gasteiger charge is -2.21. The molecule has 0 aromatic heterocycles. The van der Waals surface area contributed by atoms with E-state index in [0.29, 0.717) is 24.7 Å². The minimum atomic E-state index is -3.16. The quantitative estimate of drug-likeness (QED) is 0.901. The maximum Gasteiger partial charge on any atom is 0.161 e. The van der Waals surface area contributed by atoms with Gasteiger partial charge in [-0.15, -0.1) is 0 Å². The second kappa shape index (κ2) is 5.38. The van der Waals surface area contributed by atoms with Crippen LogP contribution >= 0.6 is 0 Å². The van der Waals surface area contributed by atoms with Gasteiger partial charge in [0.25, 0.3) is 0 Å². The maximum atomic E-state index is 11.9. The summed E-state index contributed by atoms with van der Waals surface area (Å²) in [4.78, 5) is 0. The molecule has 0 radical (unpaired) electrons. The Morgan fingerprint density at radius 3 is 2.47 bits per heavy atom. The van der Waals surface area contributed by atoms with E-state index in [2.05, 4.69) is 0 Å². The van der Waals surface area contributed by atoms with Gasteiger partial charge in [-0.2, -0.15) is 0 Å². The Hall–Kier alpha value is -1.27. The summed E-state index contributed by atoms with van der Waals surface area (Å²) in [6.07, 6.45) is 0. The van der Waals surface area contributed by atoms with E-state index >= 15 is 0 Å². The van der Waals surface area contributed by atoms with Crippen LogP contribution in [0.1, 0.15) is 25.5 Å². The van der Waals surface area contributed by atoms with Gasteiger partial charge in [-0.25, -0.2) is 8.42 Å². The summed E-state index contributed by atoms with van der Waals surface area (Å²) < 4.78 is 34.6. The lowest BCUT2D eigenvalue weighted by molar-refractivity contribution is 0.171. The monoisotopic (exact) mass is 285 g/mol. The fraction of sp³-hybridized carbons (Fsp3) is 0.538. The number of ether oxygens (including phenoxy) is 2. The van der Waals surface area contributed by atoms with Gasteiger partial charge in [0.2, 0.25) is 0 Å². The molecule has 6 heteroatoms. The van der Waals surface area contributed by atoms with Crippen molar-refractivity contribution in [1.82, 2.24) is 0 Å². The number of rotatable bonds is 4. The van der Waals surface area contributed by atoms with Gasteiger partial charge < -0.3 is 15.2 Å². The standard InChI is InChI=1S/C13H19NO4S/c1-9(2)19(15,16)8-11(14)10-3-4-12-13(7-10)18-6-5-17-12/h3-4,7,9,11H,5-6,8,14H2,1-2H3. The smallest absolute Gasteiger partial charge is 0.161 e. The number of benzene rings is 1. The number of hydrogen-bond acceptors (Lipinski definition) is 5. The first-order valence-corrected chi connectivity index (χ1v) is 7.98. The average molecular weight is 285 g/mol. The predicted octanol–water partition coefficient (Wildman–Crippen LogP) is 1.28. The van der Waals surface area contributed by atoms with E-state index in [4.69, 9.17) is 15.2 Å². The van der Waals surface area contributed by atoms with E-state index < -0.39 is 21.1 Å². The third-order valence-electron chi connectivity index (χ3n) is 3.12. The van der Waals surface area contributed by atoms with Crippen molar-refractivity contribution in [1.29, 1.82) is 0 Å². The molecule has 0 saturated heterocycles. The third-order valence-corrected chi connectivity index (χ3v) is 5.38. The molecule has 0 saturated carbocycles. The number of sulfone groups is 1. The molecule has 5 nitrogen and oxygen atoms in total. The van der Waals surface area contributed by atoms with Crippen LogP contribution in [-0.2, 0) is 9.84 Å². The SMILES string of the molecule is CC(C)S(=O)(=O)CC(N)c1ccc2c(c1)OCCO2. The number of hydrogen-bond donors (Lipinski definition) is 1. The number of nitrogens with two attached hydrogens (primary N) is 1. The second-order valence-corrected chi connectivity index (χ2v) is 7.49. The van der Waals surface area contributed by atoms with Crippen LogP contribution < -0.4 is 15.2 Å². The van der Waals surface area contributed by atoms with Crippen molar-refractivity contribution in [2.45, 2.75) is 25.1 Å². The number of fused-ring (bicyclic) bond motifs is 1. The molecule has 19 heavy (non-hydrogen) atoms.